The lowest BCUT2D eigenvalue weighted by Crippen LogP contribution is -2.61. The number of carbonyl (C=O) groups is 3. The van der Waals surface area contributed by atoms with E-state index in [2.05, 4.69) is 22.8 Å². The Kier molecular flexibility index (Phi) is 6.47. The third kappa shape index (κ3) is 4.89. The lowest BCUT2D eigenvalue weighted by atomic mass is 9.89. The first-order chi connectivity index (χ1) is 17.0. The van der Waals surface area contributed by atoms with E-state index < -0.39 is 29.6 Å². The third-order valence-corrected chi connectivity index (χ3v) is 7.34. The quantitative estimate of drug-likeness (QED) is 0.536. The first-order valence-electron chi connectivity index (χ1n) is 12.2. The Balaban J connectivity index is 1.25. The molecule has 3 aliphatic rings. The van der Waals surface area contributed by atoms with Crippen LogP contribution in [0.25, 0.3) is 11.1 Å². The van der Waals surface area contributed by atoms with Crippen molar-refractivity contribution in [3.05, 3.63) is 59.7 Å². The van der Waals surface area contributed by atoms with Crippen molar-refractivity contribution in [3.63, 3.8) is 0 Å². The Bertz CT molecular complexity index is 1080. The Morgan fingerprint density at radius 1 is 1.00 bits per heavy atom. The van der Waals surface area contributed by atoms with Gasteiger partial charge >= 0.3 is 12.1 Å². The minimum Gasteiger partial charge on any atom is -0.480 e. The molecule has 1 heterocycles. The van der Waals surface area contributed by atoms with E-state index in [1.807, 2.05) is 36.4 Å². The molecular weight excluding hydrogens is 448 g/mol. The van der Waals surface area contributed by atoms with E-state index in [4.69, 9.17) is 9.47 Å². The van der Waals surface area contributed by atoms with Crippen LogP contribution in [0.4, 0.5) is 4.79 Å². The monoisotopic (exact) mass is 478 g/mol. The molecule has 1 saturated carbocycles. The summed E-state index contributed by atoms with van der Waals surface area (Å²) in [5, 5.41) is 15.2. The lowest BCUT2D eigenvalue weighted by molar-refractivity contribution is -0.152. The summed E-state index contributed by atoms with van der Waals surface area (Å²) in [5.41, 5.74) is 3.12. The number of hydrogen-bond donors (Lipinski definition) is 3. The molecule has 8 nitrogen and oxygen atoms in total. The summed E-state index contributed by atoms with van der Waals surface area (Å²) in [5.74, 6) is -1.31. The van der Waals surface area contributed by atoms with E-state index in [1.165, 1.54) is 0 Å². The topological polar surface area (TPSA) is 114 Å². The maximum absolute atomic E-state index is 13.1. The van der Waals surface area contributed by atoms with Crippen LogP contribution >= 0.6 is 0 Å². The number of carboxylic acid groups (broad SMARTS) is 1. The largest absolute Gasteiger partial charge is 0.480 e. The number of alkyl carbamates (subject to hydrolysis) is 1. The normalized spacial score (nSPS) is 19.2. The highest BCUT2D eigenvalue weighted by atomic mass is 16.5. The molecule has 0 bridgehead atoms. The van der Waals surface area contributed by atoms with Crippen molar-refractivity contribution >= 4 is 18.0 Å². The Morgan fingerprint density at radius 3 is 2.17 bits per heavy atom. The van der Waals surface area contributed by atoms with E-state index in [1.54, 1.807) is 0 Å². The van der Waals surface area contributed by atoms with Gasteiger partial charge in [0.15, 0.2) is 0 Å². The predicted molar refractivity (Wildman–Crippen MR) is 128 cm³/mol. The van der Waals surface area contributed by atoms with Gasteiger partial charge in [-0.15, -0.1) is 0 Å². The molecule has 35 heavy (non-hydrogen) atoms. The van der Waals surface area contributed by atoms with E-state index in [9.17, 15) is 19.5 Å². The number of fused-ring (bicyclic) bond motifs is 3. The van der Waals surface area contributed by atoms with Crippen LogP contribution in [0.1, 0.15) is 49.1 Å². The predicted octanol–water partition coefficient (Wildman–Crippen LogP) is 3.44. The fourth-order valence-electron chi connectivity index (χ4n) is 5.14. The van der Waals surface area contributed by atoms with Crippen LogP contribution in [0, 0.1) is 5.92 Å². The molecular formula is C27H30N2O6. The Hall–Kier alpha value is -3.39. The van der Waals surface area contributed by atoms with Crippen LogP contribution in [-0.4, -0.2) is 54.5 Å². The summed E-state index contributed by atoms with van der Waals surface area (Å²) in [7, 11) is 0. The summed E-state index contributed by atoms with van der Waals surface area (Å²) in [6.45, 7) is 0.674. The van der Waals surface area contributed by atoms with E-state index in [0.29, 0.717) is 12.3 Å². The molecule has 2 fully saturated rings. The number of ether oxygens (including phenoxy) is 2. The van der Waals surface area contributed by atoms with Crippen molar-refractivity contribution in [1.82, 2.24) is 10.6 Å². The molecule has 3 N–H and O–H groups in total. The van der Waals surface area contributed by atoms with E-state index in [-0.39, 0.29) is 38.6 Å². The second-order valence-electron chi connectivity index (χ2n) is 9.69. The highest BCUT2D eigenvalue weighted by Gasteiger charge is 2.43. The van der Waals surface area contributed by atoms with Crippen molar-refractivity contribution in [3.8, 4) is 11.1 Å². The van der Waals surface area contributed by atoms with Crippen LogP contribution in [0.3, 0.4) is 0 Å². The SMILES string of the molecule is O=C(N[C@@H](CC1CC1)C(=O)NC1(C(=O)O)CCOCC1)OCC1c2ccccc2-c2ccccc21. The fraction of sp³-hybridized carbons (Fsp3) is 0.444. The number of hydrogen-bond acceptors (Lipinski definition) is 5. The van der Waals surface area contributed by atoms with Gasteiger partial charge < -0.3 is 25.2 Å². The maximum atomic E-state index is 13.1. The van der Waals surface area contributed by atoms with Crippen LogP contribution in [-0.2, 0) is 19.1 Å². The standard InChI is InChI=1S/C27H30N2O6/c30-24(29-27(25(31)32)11-13-34-14-12-27)23(15-17-9-10-17)28-26(33)35-16-22-20-7-3-1-5-18(20)19-6-2-4-8-21(19)22/h1-8,17,22-23H,9-16H2,(H,28,33)(H,29,30)(H,31,32)/t23-/m0/s1. The Morgan fingerprint density at radius 2 is 1.60 bits per heavy atom. The summed E-state index contributed by atoms with van der Waals surface area (Å²) in [4.78, 5) is 37.9. The Labute approximate surface area is 204 Å². The van der Waals surface area contributed by atoms with Crippen LogP contribution in [0.5, 0.6) is 0 Å². The molecule has 0 radical (unpaired) electrons. The summed E-state index contributed by atoms with van der Waals surface area (Å²) in [6.07, 6.45) is 2.15. The van der Waals surface area contributed by atoms with Gasteiger partial charge in [-0.2, -0.15) is 0 Å². The third-order valence-electron chi connectivity index (χ3n) is 7.34. The second kappa shape index (κ2) is 9.70. The van der Waals surface area contributed by atoms with Gasteiger partial charge in [0.1, 0.15) is 18.2 Å². The molecule has 2 aromatic rings. The average Bonchev–Trinajstić information content (AvgIpc) is 3.63. The smallest absolute Gasteiger partial charge is 0.407 e. The van der Waals surface area contributed by atoms with Crippen molar-refractivity contribution < 1.29 is 29.0 Å². The molecule has 0 spiro atoms. The number of carbonyl (C=O) groups excluding carboxylic acids is 2. The van der Waals surface area contributed by atoms with E-state index >= 15 is 0 Å². The molecule has 2 aliphatic carbocycles. The van der Waals surface area contributed by atoms with Gasteiger partial charge in [0.2, 0.25) is 5.91 Å². The molecule has 1 atom stereocenters. The zero-order valence-electron chi connectivity index (χ0n) is 19.5. The second-order valence-corrected chi connectivity index (χ2v) is 9.69. The van der Waals surface area contributed by atoms with Crippen LogP contribution in [0.2, 0.25) is 0 Å². The molecule has 2 aromatic carbocycles. The average molecular weight is 479 g/mol. The fourth-order valence-corrected chi connectivity index (χ4v) is 5.14. The van der Waals surface area contributed by atoms with Gasteiger partial charge in [-0.05, 0) is 34.6 Å². The first-order valence-corrected chi connectivity index (χ1v) is 12.2. The van der Waals surface area contributed by atoms with Gasteiger partial charge in [-0.1, -0.05) is 61.4 Å². The van der Waals surface area contributed by atoms with Crippen molar-refractivity contribution in [2.24, 2.45) is 5.92 Å². The van der Waals surface area contributed by atoms with Gasteiger partial charge in [0.25, 0.3) is 0 Å². The molecule has 0 unspecified atom stereocenters. The number of carboxylic acids is 1. The number of amides is 2. The minimum absolute atomic E-state index is 0.0821. The molecule has 0 aromatic heterocycles. The number of rotatable bonds is 8. The summed E-state index contributed by atoms with van der Waals surface area (Å²) < 4.78 is 10.9. The molecule has 1 saturated heterocycles. The molecule has 5 rings (SSSR count). The highest BCUT2D eigenvalue weighted by molar-refractivity contribution is 5.91. The minimum atomic E-state index is -1.38. The van der Waals surface area contributed by atoms with Crippen molar-refractivity contribution in [1.29, 1.82) is 0 Å². The molecule has 2 amide bonds. The van der Waals surface area contributed by atoms with Gasteiger partial charge in [0.05, 0.1) is 0 Å². The number of nitrogens with one attached hydrogen (secondary N) is 2. The van der Waals surface area contributed by atoms with Gasteiger partial charge in [0, 0.05) is 32.0 Å². The molecule has 8 heteroatoms. The van der Waals surface area contributed by atoms with Crippen LogP contribution < -0.4 is 10.6 Å². The summed E-state index contributed by atoms with van der Waals surface area (Å²) >= 11 is 0. The van der Waals surface area contributed by atoms with Crippen molar-refractivity contribution in [2.45, 2.75) is 49.6 Å². The number of aliphatic carboxylic acids is 1. The maximum Gasteiger partial charge on any atom is 0.407 e. The molecule has 184 valence electrons. The zero-order valence-corrected chi connectivity index (χ0v) is 19.5. The number of benzene rings is 2. The van der Waals surface area contributed by atoms with Crippen LogP contribution in [0.15, 0.2) is 48.5 Å². The zero-order chi connectivity index (χ0) is 24.4. The van der Waals surface area contributed by atoms with Gasteiger partial charge in [-0.3, -0.25) is 4.79 Å². The molecule has 1 aliphatic heterocycles. The first kappa shape index (κ1) is 23.4. The highest BCUT2D eigenvalue weighted by Crippen LogP contribution is 2.44. The lowest BCUT2D eigenvalue weighted by Gasteiger charge is -2.35. The van der Waals surface area contributed by atoms with Crippen molar-refractivity contribution in [2.75, 3.05) is 19.8 Å². The van der Waals surface area contributed by atoms with E-state index in [0.717, 1.165) is 35.1 Å². The summed E-state index contributed by atoms with van der Waals surface area (Å²) in [6, 6.07) is 15.3. The van der Waals surface area contributed by atoms with Gasteiger partial charge in [-0.25, -0.2) is 9.59 Å².